The molecule has 1 aliphatic carbocycles. The Hall–Kier alpha value is -3.94. The maximum Gasteiger partial charge on any atom is 0.344 e. The average molecular weight is 433 g/mol. The Morgan fingerprint density at radius 3 is 2.53 bits per heavy atom. The van der Waals surface area contributed by atoms with Gasteiger partial charge in [-0.15, -0.1) is 0 Å². The van der Waals surface area contributed by atoms with Crippen LogP contribution < -0.4 is 14.8 Å². The van der Waals surface area contributed by atoms with Crippen LogP contribution in [0.15, 0.2) is 67.1 Å². The number of benzene rings is 1. The highest BCUT2D eigenvalue weighted by molar-refractivity contribution is 5.93. The number of nitrogens with one attached hydrogen (secondary N) is 1. The Morgan fingerprint density at radius 2 is 1.84 bits per heavy atom. The van der Waals surface area contributed by atoms with E-state index in [1.165, 1.54) is 18.5 Å². The molecule has 1 aromatic carbocycles. The van der Waals surface area contributed by atoms with Crippen molar-refractivity contribution in [3.05, 3.63) is 78.2 Å². The quantitative estimate of drug-likeness (QED) is 0.514. The second-order valence-corrected chi connectivity index (χ2v) is 7.38. The summed E-state index contributed by atoms with van der Waals surface area (Å²) in [5.41, 5.74) is 1.12. The van der Waals surface area contributed by atoms with Gasteiger partial charge < -0.3 is 19.5 Å². The zero-order valence-electron chi connectivity index (χ0n) is 17.6. The minimum absolute atomic E-state index is 0.0833. The zero-order valence-corrected chi connectivity index (χ0v) is 17.6. The molecule has 0 spiro atoms. The first-order valence-electron chi connectivity index (χ1n) is 10.3. The zero-order chi connectivity index (χ0) is 22.3. The fraction of sp³-hybridized carbons (Fsp3) is 0.250. The molecule has 0 saturated heterocycles. The Morgan fingerprint density at radius 1 is 1.06 bits per heavy atom. The van der Waals surface area contributed by atoms with Gasteiger partial charge in [0.1, 0.15) is 17.1 Å². The van der Waals surface area contributed by atoms with E-state index in [1.807, 2.05) is 24.3 Å². The van der Waals surface area contributed by atoms with E-state index in [9.17, 15) is 9.59 Å². The number of hydrogen-bond acceptors (Lipinski definition) is 7. The molecule has 0 bridgehead atoms. The van der Waals surface area contributed by atoms with E-state index in [1.54, 1.807) is 31.5 Å². The van der Waals surface area contributed by atoms with Crippen LogP contribution in [0.4, 0.5) is 0 Å². The van der Waals surface area contributed by atoms with Crippen molar-refractivity contribution in [1.82, 2.24) is 15.3 Å². The van der Waals surface area contributed by atoms with Crippen molar-refractivity contribution in [1.29, 1.82) is 0 Å². The van der Waals surface area contributed by atoms with Crippen LogP contribution in [-0.4, -0.2) is 35.6 Å². The van der Waals surface area contributed by atoms with Crippen LogP contribution in [0, 0.1) is 5.92 Å². The molecule has 32 heavy (non-hydrogen) atoms. The van der Waals surface area contributed by atoms with Gasteiger partial charge in [0, 0.05) is 12.4 Å². The van der Waals surface area contributed by atoms with Gasteiger partial charge in [-0.25, -0.2) is 9.78 Å². The highest BCUT2D eigenvalue weighted by Crippen LogP contribution is 2.41. The molecule has 1 N–H and O–H groups in total. The molecule has 1 aliphatic rings. The van der Waals surface area contributed by atoms with Crippen molar-refractivity contribution >= 4 is 11.9 Å². The first kappa shape index (κ1) is 21.3. The van der Waals surface area contributed by atoms with Crippen molar-refractivity contribution in [3.63, 3.8) is 0 Å². The Balaban J connectivity index is 1.37. The van der Waals surface area contributed by atoms with E-state index in [2.05, 4.69) is 15.3 Å². The minimum atomic E-state index is -0.695. The molecular formula is C24H23N3O5. The van der Waals surface area contributed by atoms with Gasteiger partial charge in [-0.1, -0.05) is 12.1 Å². The van der Waals surface area contributed by atoms with Crippen molar-refractivity contribution in [2.45, 2.75) is 18.9 Å². The average Bonchev–Trinajstić information content (AvgIpc) is 3.67. The number of amides is 1. The van der Waals surface area contributed by atoms with Crippen LogP contribution in [0.1, 0.15) is 34.8 Å². The molecule has 0 radical (unpaired) electrons. The van der Waals surface area contributed by atoms with Gasteiger partial charge in [-0.2, -0.15) is 0 Å². The third-order valence-electron chi connectivity index (χ3n) is 5.06. The molecule has 8 heteroatoms. The second kappa shape index (κ2) is 9.91. The normalized spacial score (nSPS) is 13.7. The van der Waals surface area contributed by atoms with Gasteiger partial charge in [0.25, 0.3) is 5.91 Å². The Kier molecular flexibility index (Phi) is 6.60. The molecule has 2 aromatic heterocycles. The summed E-state index contributed by atoms with van der Waals surface area (Å²) in [6.45, 7) is -0.403. The summed E-state index contributed by atoms with van der Waals surface area (Å²) in [6, 6.07) is 14.0. The number of hydrogen-bond donors (Lipinski definition) is 1. The van der Waals surface area contributed by atoms with Gasteiger partial charge in [0.2, 0.25) is 5.88 Å². The number of carbonyl (C=O) groups excluding carboxylic acids is 2. The van der Waals surface area contributed by atoms with Crippen molar-refractivity contribution < 1.29 is 23.8 Å². The maximum absolute atomic E-state index is 12.6. The standard InChI is InChI=1S/C24H23N3O5/c1-30-18-10-8-17(9-11-18)22(16-6-7-16)27-21(28)15-31-24(29)20-5-3-13-26-23(20)32-19-4-2-12-25-14-19/h2-5,8-14,16,22H,6-7,15H2,1H3,(H,27,28). The smallest absolute Gasteiger partial charge is 0.344 e. The fourth-order valence-electron chi connectivity index (χ4n) is 3.28. The second-order valence-electron chi connectivity index (χ2n) is 7.38. The number of methoxy groups -OCH3 is 1. The van der Waals surface area contributed by atoms with Crippen LogP contribution in [0.2, 0.25) is 0 Å². The van der Waals surface area contributed by atoms with Crippen molar-refractivity contribution in [2.75, 3.05) is 13.7 Å². The van der Waals surface area contributed by atoms with E-state index < -0.39 is 12.6 Å². The van der Waals surface area contributed by atoms with Crippen LogP contribution in [0.3, 0.4) is 0 Å². The highest BCUT2D eigenvalue weighted by Gasteiger charge is 2.33. The summed E-state index contributed by atoms with van der Waals surface area (Å²) in [5, 5.41) is 2.98. The summed E-state index contributed by atoms with van der Waals surface area (Å²) >= 11 is 0. The predicted octanol–water partition coefficient (Wildman–Crippen LogP) is 3.70. The summed E-state index contributed by atoms with van der Waals surface area (Å²) in [7, 11) is 1.61. The van der Waals surface area contributed by atoms with Gasteiger partial charge in [0.05, 0.1) is 19.3 Å². The van der Waals surface area contributed by atoms with Gasteiger partial charge in [-0.3, -0.25) is 9.78 Å². The lowest BCUT2D eigenvalue weighted by atomic mass is 10.0. The Bertz CT molecular complexity index is 1070. The molecule has 8 nitrogen and oxygen atoms in total. The predicted molar refractivity (Wildman–Crippen MR) is 115 cm³/mol. The third-order valence-corrected chi connectivity index (χ3v) is 5.06. The summed E-state index contributed by atoms with van der Waals surface area (Å²) < 4.78 is 16.1. The molecule has 4 rings (SSSR count). The van der Waals surface area contributed by atoms with Crippen molar-refractivity contribution in [2.24, 2.45) is 5.92 Å². The van der Waals surface area contributed by atoms with E-state index in [0.717, 1.165) is 24.2 Å². The molecule has 3 aromatic rings. The largest absolute Gasteiger partial charge is 0.497 e. The van der Waals surface area contributed by atoms with E-state index >= 15 is 0 Å². The number of aromatic nitrogens is 2. The number of ether oxygens (including phenoxy) is 3. The van der Waals surface area contributed by atoms with Gasteiger partial charge >= 0.3 is 5.97 Å². The molecule has 1 fully saturated rings. The summed E-state index contributed by atoms with van der Waals surface area (Å²) in [6.07, 6.45) is 6.71. The topological polar surface area (TPSA) is 99.6 Å². The lowest BCUT2D eigenvalue weighted by Gasteiger charge is -2.19. The maximum atomic E-state index is 12.6. The van der Waals surface area contributed by atoms with Crippen LogP contribution in [0.5, 0.6) is 17.4 Å². The lowest BCUT2D eigenvalue weighted by molar-refractivity contribution is -0.125. The molecule has 164 valence electrons. The monoisotopic (exact) mass is 433 g/mol. The van der Waals surface area contributed by atoms with Crippen LogP contribution >= 0.6 is 0 Å². The Labute approximate surface area is 185 Å². The molecule has 1 saturated carbocycles. The molecule has 2 heterocycles. The molecule has 1 amide bonds. The number of nitrogens with zero attached hydrogens (tertiary/aromatic N) is 2. The minimum Gasteiger partial charge on any atom is -0.497 e. The number of pyridine rings is 2. The van der Waals surface area contributed by atoms with E-state index in [4.69, 9.17) is 14.2 Å². The first-order valence-corrected chi connectivity index (χ1v) is 10.3. The van der Waals surface area contributed by atoms with Crippen molar-refractivity contribution in [3.8, 4) is 17.4 Å². The SMILES string of the molecule is COc1ccc(C(NC(=O)COC(=O)c2cccnc2Oc2cccnc2)C2CC2)cc1. The molecule has 1 atom stereocenters. The summed E-state index contributed by atoms with van der Waals surface area (Å²) in [4.78, 5) is 33.2. The lowest BCUT2D eigenvalue weighted by Crippen LogP contribution is -2.33. The number of rotatable bonds is 9. The molecule has 0 aliphatic heterocycles. The van der Waals surface area contributed by atoms with Gasteiger partial charge in [0.15, 0.2) is 6.61 Å². The van der Waals surface area contributed by atoms with Crippen LogP contribution in [0.25, 0.3) is 0 Å². The molecular weight excluding hydrogens is 410 g/mol. The molecule has 1 unspecified atom stereocenters. The fourth-order valence-corrected chi connectivity index (χ4v) is 3.28. The van der Waals surface area contributed by atoms with E-state index in [-0.39, 0.29) is 23.4 Å². The van der Waals surface area contributed by atoms with Crippen LogP contribution in [-0.2, 0) is 9.53 Å². The van der Waals surface area contributed by atoms with Gasteiger partial charge in [-0.05, 0) is 60.7 Å². The van der Waals surface area contributed by atoms with E-state index in [0.29, 0.717) is 11.7 Å². The highest BCUT2D eigenvalue weighted by atomic mass is 16.5. The summed E-state index contributed by atoms with van der Waals surface area (Å²) in [5.74, 6) is 0.583. The number of esters is 1. The first-order chi connectivity index (χ1) is 15.6. The number of carbonyl (C=O) groups is 2. The third kappa shape index (κ3) is 5.40.